The number of aryl methyl sites for hydroxylation is 2. The van der Waals surface area contributed by atoms with Gasteiger partial charge in [-0.15, -0.1) is 22.7 Å². The highest BCUT2D eigenvalue weighted by Crippen LogP contribution is 2.36. The molecule has 0 bridgehead atoms. The van der Waals surface area contributed by atoms with E-state index in [1.165, 1.54) is 30.8 Å². The Hall–Kier alpha value is -2.08. The van der Waals surface area contributed by atoms with Gasteiger partial charge in [-0.1, -0.05) is 60.7 Å². The summed E-state index contributed by atoms with van der Waals surface area (Å²) < 4.78 is 0. The van der Waals surface area contributed by atoms with Crippen LogP contribution in [0.15, 0.2) is 60.7 Å². The second-order valence-electron chi connectivity index (χ2n) is 6.30. The minimum Gasteiger partial charge on any atom is -0.249 e. The lowest BCUT2D eigenvalue weighted by atomic mass is 10.4. The minimum absolute atomic E-state index is 1.14. The third-order valence-electron chi connectivity index (χ3n) is 4.80. The van der Waals surface area contributed by atoms with Crippen LogP contribution in [0.2, 0.25) is 0 Å². The van der Waals surface area contributed by atoms with Crippen LogP contribution in [0.5, 0.6) is 0 Å². The van der Waals surface area contributed by atoms with E-state index >= 15 is 0 Å². The van der Waals surface area contributed by atoms with Crippen LogP contribution >= 0.6 is 22.7 Å². The Balaban J connectivity index is 1.97. The van der Waals surface area contributed by atoms with Gasteiger partial charge in [0.05, 0.1) is 30.4 Å². The number of benzene rings is 2. The second kappa shape index (κ2) is 5.46. The zero-order valence-corrected chi connectivity index (χ0v) is 16.6. The molecular formula is C20H16N2S2Si. The van der Waals surface area contributed by atoms with Gasteiger partial charge in [0.2, 0.25) is 8.07 Å². The maximum Gasteiger partial charge on any atom is 0.227 e. The fraction of sp³-hybridized carbons (Fsp3) is 0.100. The van der Waals surface area contributed by atoms with Crippen LogP contribution in [0.3, 0.4) is 0 Å². The van der Waals surface area contributed by atoms with Crippen molar-refractivity contribution in [2.75, 3.05) is 0 Å². The van der Waals surface area contributed by atoms with Crippen LogP contribution in [0.25, 0.3) is 9.75 Å². The van der Waals surface area contributed by atoms with Gasteiger partial charge in [0.25, 0.3) is 0 Å². The molecule has 2 nitrogen and oxygen atoms in total. The Bertz CT molecular complexity index is 980. The van der Waals surface area contributed by atoms with Gasteiger partial charge in [0, 0.05) is 0 Å². The summed E-state index contributed by atoms with van der Waals surface area (Å²) in [6.45, 7) is 4.23. The molecule has 0 N–H and O–H groups in total. The van der Waals surface area contributed by atoms with Crippen LogP contribution in [0, 0.1) is 13.8 Å². The number of thiazole rings is 2. The largest absolute Gasteiger partial charge is 0.249 e. The quantitative estimate of drug-likeness (QED) is 0.443. The van der Waals surface area contributed by atoms with E-state index in [4.69, 9.17) is 9.97 Å². The summed E-state index contributed by atoms with van der Waals surface area (Å²) in [4.78, 5) is 12.8. The first-order valence-corrected chi connectivity index (χ1v) is 11.9. The number of hydrogen-bond donors (Lipinski definition) is 0. The third kappa shape index (κ3) is 2.00. The Morgan fingerprint density at radius 1 is 0.640 bits per heavy atom. The van der Waals surface area contributed by atoms with Gasteiger partial charge in [-0.3, -0.25) is 0 Å². The van der Waals surface area contributed by atoms with E-state index in [0.717, 1.165) is 10.0 Å². The van der Waals surface area contributed by atoms with E-state index in [0.29, 0.717) is 0 Å². The smallest absolute Gasteiger partial charge is 0.227 e. The number of hydrogen-bond acceptors (Lipinski definition) is 4. The predicted molar refractivity (Wildman–Crippen MR) is 110 cm³/mol. The van der Waals surface area contributed by atoms with Crippen LogP contribution in [-0.4, -0.2) is 18.0 Å². The van der Waals surface area contributed by atoms with Crippen molar-refractivity contribution in [3.8, 4) is 9.75 Å². The summed E-state index contributed by atoms with van der Waals surface area (Å²) in [6, 6.07) is 21.8. The van der Waals surface area contributed by atoms with Gasteiger partial charge in [0.15, 0.2) is 0 Å². The second-order valence-corrected chi connectivity index (χ2v) is 12.3. The fourth-order valence-corrected chi connectivity index (χ4v) is 11.9. The maximum atomic E-state index is 5.06. The van der Waals surface area contributed by atoms with Crippen LogP contribution < -0.4 is 21.0 Å². The molecule has 4 aromatic rings. The zero-order chi connectivity index (χ0) is 17.0. The lowest BCUT2D eigenvalue weighted by molar-refractivity contribution is 1.32. The van der Waals surface area contributed by atoms with E-state index in [1.807, 2.05) is 22.7 Å². The summed E-state index contributed by atoms with van der Waals surface area (Å²) in [5.74, 6) is 0. The molecule has 122 valence electrons. The Kier molecular flexibility index (Phi) is 3.32. The molecule has 0 amide bonds. The van der Waals surface area contributed by atoms with Crippen molar-refractivity contribution in [2.24, 2.45) is 0 Å². The third-order valence-corrected chi connectivity index (χ3v) is 11.8. The van der Waals surface area contributed by atoms with Gasteiger partial charge < -0.3 is 0 Å². The van der Waals surface area contributed by atoms with Crippen molar-refractivity contribution in [3.05, 3.63) is 70.7 Å². The molecule has 0 aliphatic carbocycles. The first-order valence-electron chi connectivity index (χ1n) is 8.28. The summed E-state index contributed by atoms with van der Waals surface area (Å²) in [5.41, 5.74) is 0. The highest BCUT2D eigenvalue weighted by molar-refractivity contribution is 7.33. The van der Waals surface area contributed by atoms with Crippen LogP contribution in [-0.2, 0) is 0 Å². The molecule has 25 heavy (non-hydrogen) atoms. The topological polar surface area (TPSA) is 25.8 Å². The van der Waals surface area contributed by atoms with Crippen LogP contribution in [0.4, 0.5) is 0 Å². The van der Waals surface area contributed by atoms with Crippen molar-refractivity contribution >= 4 is 51.8 Å². The SMILES string of the molecule is Cc1nc2c(s1)-c1sc(C)nc1[Si]2(c1ccccc1)c1ccccc1. The van der Waals surface area contributed by atoms with Crippen molar-refractivity contribution < 1.29 is 0 Å². The molecule has 0 saturated heterocycles. The molecule has 0 unspecified atom stereocenters. The van der Waals surface area contributed by atoms with E-state index in [-0.39, 0.29) is 0 Å². The highest BCUT2D eigenvalue weighted by atomic mass is 32.1. The molecule has 0 fully saturated rings. The zero-order valence-electron chi connectivity index (χ0n) is 14.0. The average molecular weight is 377 g/mol. The molecule has 2 aromatic heterocycles. The Morgan fingerprint density at radius 3 is 1.44 bits per heavy atom. The summed E-state index contributed by atoms with van der Waals surface area (Å²) in [7, 11) is -2.39. The molecule has 3 heterocycles. The lowest BCUT2D eigenvalue weighted by Crippen LogP contribution is -2.73. The van der Waals surface area contributed by atoms with Crippen LogP contribution in [0.1, 0.15) is 10.0 Å². The summed E-state index contributed by atoms with van der Waals surface area (Å²) >= 11 is 3.64. The highest BCUT2D eigenvalue weighted by Gasteiger charge is 2.53. The molecule has 1 aliphatic heterocycles. The molecule has 0 spiro atoms. The van der Waals surface area contributed by atoms with E-state index in [1.54, 1.807) is 0 Å². The van der Waals surface area contributed by atoms with Gasteiger partial charge >= 0.3 is 0 Å². The van der Waals surface area contributed by atoms with Gasteiger partial charge in [0.1, 0.15) is 0 Å². The monoisotopic (exact) mass is 376 g/mol. The first kappa shape index (κ1) is 15.2. The van der Waals surface area contributed by atoms with E-state index < -0.39 is 8.07 Å². The summed E-state index contributed by atoms with van der Waals surface area (Å²) in [5, 5.41) is 7.59. The van der Waals surface area contributed by atoms with Crippen molar-refractivity contribution in [1.82, 2.24) is 9.97 Å². The molecular weight excluding hydrogens is 360 g/mol. The number of fused-ring (bicyclic) bond motifs is 3. The van der Waals surface area contributed by atoms with Crippen molar-refractivity contribution in [1.29, 1.82) is 0 Å². The Labute approximate surface area is 155 Å². The van der Waals surface area contributed by atoms with Crippen molar-refractivity contribution in [2.45, 2.75) is 13.8 Å². The van der Waals surface area contributed by atoms with Gasteiger partial charge in [-0.2, -0.15) is 0 Å². The Morgan fingerprint density at radius 2 is 1.04 bits per heavy atom. The molecule has 5 heteroatoms. The maximum absolute atomic E-state index is 5.06. The van der Waals surface area contributed by atoms with Crippen molar-refractivity contribution in [3.63, 3.8) is 0 Å². The average Bonchev–Trinajstić information content (AvgIpc) is 3.26. The molecule has 2 aromatic carbocycles. The van der Waals surface area contributed by atoms with E-state index in [9.17, 15) is 0 Å². The first-order chi connectivity index (χ1) is 12.2. The molecule has 0 radical (unpaired) electrons. The fourth-order valence-electron chi connectivity index (χ4n) is 3.87. The predicted octanol–water partition coefficient (Wildman–Crippen LogP) is 2.57. The normalized spacial score (nSPS) is 14.3. The number of nitrogens with zero attached hydrogens (tertiary/aromatic N) is 2. The minimum atomic E-state index is -2.39. The molecule has 0 atom stereocenters. The number of aromatic nitrogens is 2. The van der Waals surface area contributed by atoms with Gasteiger partial charge in [-0.25, -0.2) is 9.97 Å². The summed E-state index contributed by atoms with van der Waals surface area (Å²) in [6.07, 6.45) is 0. The lowest BCUT2D eigenvalue weighted by Gasteiger charge is -2.27. The number of rotatable bonds is 2. The van der Waals surface area contributed by atoms with Gasteiger partial charge in [-0.05, 0) is 24.2 Å². The standard InChI is InChI=1S/C20H16N2S2Si/c1-13-21-19-17(23-13)18-20(22-14(2)24-18)25(19,15-9-5-3-6-10-15)16-11-7-4-8-12-16/h3-12H,1-2H3. The van der Waals surface area contributed by atoms with E-state index in [2.05, 4.69) is 74.5 Å². The molecule has 1 aliphatic rings. The molecule has 0 saturated carbocycles. The molecule has 5 rings (SSSR count).